The average molecular weight is 274 g/mol. The van der Waals surface area contributed by atoms with Crippen molar-refractivity contribution in [1.29, 1.82) is 0 Å². The standard InChI is InChI=1S/C15H22N4O/c1-3-13-17-14(4-2)19(18-13)11-15(20,10-16)12-8-6-5-7-9-12/h5-9,20H,3-4,10-11,16H2,1-2H3. The van der Waals surface area contributed by atoms with Gasteiger partial charge in [0.2, 0.25) is 0 Å². The van der Waals surface area contributed by atoms with Gasteiger partial charge < -0.3 is 10.8 Å². The van der Waals surface area contributed by atoms with Crippen LogP contribution in [0.25, 0.3) is 0 Å². The van der Waals surface area contributed by atoms with Crippen molar-refractivity contribution in [3.05, 3.63) is 47.5 Å². The van der Waals surface area contributed by atoms with E-state index in [1.807, 2.05) is 44.2 Å². The fourth-order valence-corrected chi connectivity index (χ4v) is 2.23. The van der Waals surface area contributed by atoms with Gasteiger partial charge in [0, 0.05) is 19.4 Å². The summed E-state index contributed by atoms with van der Waals surface area (Å²) in [5.41, 5.74) is 5.49. The number of aryl methyl sites for hydroxylation is 2. The predicted molar refractivity (Wildman–Crippen MR) is 78.2 cm³/mol. The molecule has 5 nitrogen and oxygen atoms in total. The molecular weight excluding hydrogens is 252 g/mol. The van der Waals surface area contributed by atoms with Crippen LogP contribution in [0, 0.1) is 0 Å². The summed E-state index contributed by atoms with van der Waals surface area (Å²) in [4.78, 5) is 4.46. The molecule has 2 rings (SSSR count). The Balaban J connectivity index is 2.32. The van der Waals surface area contributed by atoms with Crippen LogP contribution in [0.15, 0.2) is 30.3 Å². The molecule has 0 bridgehead atoms. The highest BCUT2D eigenvalue weighted by molar-refractivity contribution is 5.22. The van der Waals surface area contributed by atoms with Crippen molar-refractivity contribution >= 4 is 0 Å². The second-order valence-corrected chi connectivity index (χ2v) is 4.91. The Labute approximate surface area is 119 Å². The first-order chi connectivity index (χ1) is 9.62. The first-order valence-electron chi connectivity index (χ1n) is 7.03. The van der Waals surface area contributed by atoms with Gasteiger partial charge in [-0.3, -0.25) is 0 Å². The van der Waals surface area contributed by atoms with E-state index in [4.69, 9.17) is 5.73 Å². The van der Waals surface area contributed by atoms with Gasteiger partial charge in [-0.15, -0.1) is 0 Å². The predicted octanol–water partition coefficient (Wildman–Crippen LogP) is 1.25. The van der Waals surface area contributed by atoms with Crippen LogP contribution in [0.4, 0.5) is 0 Å². The third-order valence-corrected chi connectivity index (χ3v) is 3.48. The summed E-state index contributed by atoms with van der Waals surface area (Å²) < 4.78 is 1.78. The van der Waals surface area contributed by atoms with E-state index in [0.29, 0.717) is 6.54 Å². The minimum absolute atomic E-state index is 0.140. The zero-order valence-corrected chi connectivity index (χ0v) is 12.1. The van der Waals surface area contributed by atoms with Crippen LogP contribution < -0.4 is 5.73 Å². The second-order valence-electron chi connectivity index (χ2n) is 4.91. The second kappa shape index (κ2) is 6.15. The Morgan fingerprint density at radius 2 is 1.90 bits per heavy atom. The highest BCUT2D eigenvalue weighted by Crippen LogP contribution is 2.22. The van der Waals surface area contributed by atoms with Gasteiger partial charge in [0.05, 0.1) is 6.54 Å². The molecule has 1 unspecified atom stereocenters. The van der Waals surface area contributed by atoms with E-state index in [-0.39, 0.29) is 6.54 Å². The molecule has 5 heteroatoms. The molecule has 0 spiro atoms. The third kappa shape index (κ3) is 2.89. The maximum Gasteiger partial charge on any atom is 0.150 e. The molecule has 108 valence electrons. The molecule has 0 saturated carbocycles. The molecule has 0 amide bonds. The fourth-order valence-electron chi connectivity index (χ4n) is 2.23. The number of nitrogens with zero attached hydrogens (tertiary/aromatic N) is 3. The van der Waals surface area contributed by atoms with Crippen molar-refractivity contribution in [1.82, 2.24) is 14.8 Å². The number of aromatic nitrogens is 3. The van der Waals surface area contributed by atoms with E-state index in [1.54, 1.807) is 4.68 Å². The molecule has 1 aromatic heterocycles. The summed E-state index contributed by atoms with van der Waals surface area (Å²) in [5, 5.41) is 15.3. The molecule has 0 aliphatic rings. The lowest BCUT2D eigenvalue weighted by Crippen LogP contribution is -2.40. The Bertz CT molecular complexity index is 552. The van der Waals surface area contributed by atoms with E-state index < -0.39 is 5.60 Å². The van der Waals surface area contributed by atoms with Crippen LogP contribution in [-0.4, -0.2) is 26.4 Å². The number of hydrogen-bond acceptors (Lipinski definition) is 4. The van der Waals surface area contributed by atoms with Gasteiger partial charge in [0.25, 0.3) is 0 Å². The van der Waals surface area contributed by atoms with Gasteiger partial charge in [0.15, 0.2) is 5.82 Å². The summed E-state index contributed by atoms with van der Waals surface area (Å²) >= 11 is 0. The normalized spacial score (nSPS) is 14.2. The molecule has 20 heavy (non-hydrogen) atoms. The van der Waals surface area contributed by atoms with E-state index in [2.05, 4.69) is 10.1 Å². The number of hydrogen-bond donors (Lipinski definition) is 2. The van der Waals surface area contributed by atoms with Crippen LogP contribution >= 0.6 is 0 Å². The molecule has 0 radical (unpaired) electrons. The van der Waals surface area contributed by atoms with Gasteiger partial charge >= 0.3 is 0 Å². The molecule has 0 aliphatic carbocycles. The maximum absolute atomic E-state index is 10.8. The molecule has 0 fully saturated rings. The number of rotatable bonds is 6. The molecule has 1 atom stereocenters. The summed E-state index contributed by atoms with van der Waals surface area (Å²) in [6.45, 7) is 4.51. The fraction of sp³-hybridized carbons (Fsp3) is 0.467. The topological polar surface area (TPSA) is 77.0 Å². The van der Waals surface area contributed by atoms with Crippen molar-refractivity contribution in [3.8, 4) is 0 Å². The Hall–Kier alpha value is -1.72. The van der Waals surface area contributed by atoms with E-state index in [1.165, 1.54) is 0 Å². The maximum atomic E-state index is 10.8. The lowest BCUT2D eigenvalue weighted by Gasteiger charge is -2.27. The lowest BCUT2D eigenvalue weighted by molar-refractivity contribution is 0.0230. The quantitative estimate of drug-likeness (QED) is 0.831. The molecule has 0 saturated heterocycles. The highest BCUT2D eigenvalue weighted by Gasteiger charge is 2.29. The summed E-state index contributed by atoms with van der Waals surface area (Å²) in [6.07, 6.45) is 1.56. The largest absolute Gasteiger partial charge is 0.382 e. The van der Waals surface area contributed by atoms with E-state index >= 15 is 0 Å². The molecule has 1 aromatic carbocycles. The van der Waals surface area contributed by atoms with Crippen molar-refractivity contribution < 1.29 is 5.11 Å². The van der Waals surface area contributed by atoms with E-state index in [0.717, 1.165) is 30.1 Å². The first-order valence-corrected chi connectivity index (χ1v) is 7.03. The lowest BCUT2D eigenvalue weighted by atomic mass is 9.94. The SMILES string of the molecule is CCc1nc(CC)n(CC(O)(CN)c2ccccc2)n1. The number of benzene rings is 1. The minimum atomic E-state index is -1.12. The third-order valence-electron chi connectivity index (χ3n) is 3.48. The summed E-state index contributed by atoms with van der Waals surface area (Å²) in [5.74, 6) is 1.68. The Morgan fingerprint density at radius 3 is 2.45 bits per heavy atom. The van der Waals surface area contributed by atoms with Crippen molar-refractivity contribution in [3.63, 3.8) is 0 Å². The summed E-state index contributed by atoms with van der Waals surface area (Å²) in [6, 6.07) is 9.49. The smallest absolute Gasteiger partial charge is 0.150 e. The van der Waals surface area contributed by atoms with Crippen molar-refractivity contribution in [2.45, 2.75) is 38.8 Å². The molecule has 3 N–H and O–H groups in total. The monoisotopic (exact) mass is 274 g/mol. The number of aliphatic hydroxyl groups is 1. The summed E-state index contributed by atoms with van der Waals surface area (Å²) in [7, 11) is 0. The molecule has 0 aliphatic heterocycles. The van der Waals surface area contributed by atoms with Gasteiger partial charge in [-0.05, 0) is 5.56 Å². The Morgan fingerprint density at radius 1 is 1.20 bits per heavy atom. The minimum Gasteiger partial charge on any atom is -0.382 e. The van der Waals surface area contributed by atoms with Crippen LogP contribution in [0.2, 0.25) is 0 Å². The zero-order valence-electron chi connectivity index (χ0n) is 12.1. The van der Waals surface area contributed by atoms with Crippen LogP contribution in [-0.2, 0) is 25.0 Å². The van der Waals surface area contributed by atoms with Gasteiger partial charge in [0.1, 0.15) is 11.4 Å². The van der Waals surface area contributed by atoms with Crippen LogP contribution in [0.3, 0.4) is 0 Å². The van der Waals surface area contributed by atoms with Crippen LogP contribution in [0.5, 0.6) is 0 Å². The van der Waals surface area contributed by atoms with Crippen molar-refractivity contribution in [2.75, 3.05) is 6.54 Å². The first kappa shape index (κ1) is 14.7. The highest BCUT2D eigenvalue weighted by atomic mass is 16.3. The van der Waals surface area contributed by atoms with Crippen LogP contribution in [0.1, 0.15) is 31.1 Å². The van der Waals surface area contributed by atoms with Crippen molar-refractivity contribution in [2.24, 2.45) is 5.73 Å². The number of nitrogens with two attached hydrogens (primary N) is 1. The Kier molecular flexibility index (Phi) is 4.52. The van der Waals surface area contributed by atoms with Gasteiger partial charge in [-0.2, -0.15) is 5.10 Å². The van der Waals surface area contributed by atoms with Gasteiger partial charge in [-0.1, -0.05) is 44.2 Å². The van der Waals surface area contributed by atoms with Gasteiger partial charge in [-0.25, -0.2) is 9.67 Å². The molecule has 2 aromatic rings. The molecular formula is C15H22N4O. The zero-order chi connectivity index (χ0) is 14.6. The molecule has 1 heterocycles. The van der Waals surface area contributed by atoms with E-state index in [9.17, 15) is 5.11 Å². The average Bonchev–Trinajstić information content (AvgIpc) is 2.90.